The summed E-state index contributed by atoms with van der Waals surface area (Å²) in [6, 6.07) is 9.00. The second-order valence-corrected chi connectivity index (χ2v) is 5.41. The van der Waals surface area contributed by atoms with Crippen LogP contribution in [0.4, 0.5) is 0 Å². The summed E-state index contributed by atoms with van der Waals surface area (Å²) in [6.07, 6.45) is 2.52. The Morgan fingerprint density at radius 2 is 2.11 bits per heavy atom. The normalized spacial score (nSPS) is 16.8. The zero-order chi connectivity index (χ0) is 13.7. The zero-order valence-corrected chi connectivity index (χ0v) is 12.1. The van der Waals surface area contributed by atoms with Crippen LogP contribution in [0.1, 0.15) is 31.4 Å². The van der Waals surface area contributed by atoms with E-state index < -0.39 is 0 Å². The summed E-state index contributed by atoms with van der Waals surface area (Å²) < 4.78 is 5.38. The molecule has 1 aliphatic carbocycles. The van der Waals surface area contributed by atoms with Gasteiger partial charge in [-0.1, -0.05) is 29.8 Å². The minimum atomic E-state index is 0.0868. The van der Waals surface area contributed by atoms with E-state index in [9.17, 15) is 0 Å². The first kappa shape index (κ1) is 14.8. The summed E-state index contributed by atoms with van der Waals surface area (Å²) in [6.45, 7) is 4.25. The SMILES string of the molecule is CC(c1ccccc1Cl)N(CCOCCO)C1CC1. The van der Waals surface area contributed by atoms with E-state index in [2.05, 4.69) is 17.9 Å². The molecule has 1 aromatic rings. The van der Waals surface area contributed by atoms with Gasteiger partial charge in [0, 0.05) is 23.7 Å². The molecule has 1 fully saturated rings. The second-order valence-electron chi connectivity index (χ2n) is 5.00. The van der Waals surface area contributed by atoms with E-state index in [4.69, 9.17) is 21.4 Å². The van der Waals surface area contributed by atoms with Crippen molar-refractivity contribution in [1.29, 1.82) is 0 Å². The molecule has 0 saturated heterocycles. The van der Waals surface area contributed by atoms with Gasteiger partial charge in [0.15, 0.2) is 0 Å². The van der Waals surface area contributed by atoms with E-state index in [1.165, 1.54) is 18.4 Å². The molecule has 2 rings (SSSR count). The van der Waals surface area contributed by atoms with Crippen LogP contribution < -0.4 is 0 Å². The standard InChI is InChI=1S/C15H22ClNO2/c1-12(14-4-2-3-5-15(14)16)17(13-6-7-13)8-10-19-11-9-18/h2-5,12-13,18H,6-11H2,1H3. The molecule has 0 amide bonds. The molecule has 1 aromatic carbocycles. The third-order valence-corrected chi connectivity index (χ3v) is 3.94. The fraction of sp³-hybridized carbons (Fsp3) is 0.600. The molecule has 0 radical (unpaired) electrons. The van der Waals surface area contributed by atoms with E-state index in [0.29, 0.717) is 25.3 Å². The average Bonchev–Trinajstić information content (AvgIpc) is 3.23. The summed E-state index contributed by atoms with van der Waals surface area (Å²) in [5, 5.41) is 9.55. The van der Waals surface area contributed by atoms with Gasteiger partial charge >= 0.3 is 0 Å². The van der Waals surface area contributed by atoms with Gasteiger partial charge in [-0.2, -0.15) is 0 Å². The minimum absolute atomic E-state index is 0.0868. The van der Waals surface area contributed by atoms with E-state index in [1.54, 1.807) is 0 Å². The van der Waals surface area contributed by atoms with Crippen molar-refractivity contribution in [2.75, 3.05) is 26.4 Å². The van der Waals surface area contributed by atoms with Crippen LogP contribution in [0, 0.1) is 0 Å². The minimum Gasteiger partial charge on any atom is -0.394 e. The lowest BCUT2D eigenvalue weighted by molar-refractivity contribution is 0.0623. The maximum absolute atomic E-state index is 8.72. The molecule has 1 atom stereocenters. The van der Waals surface area contributed by atoms with Crippen molar-refractivity contribution in [3.8, 4) is 0 Å². The van der Waals surface area contributed by atoms with Gasteiger partial charge in [-0.25, -0.2) is 0 Å². The van der Waals surface area contributed by atoms with Crippen LogP contribution in [0.3, 0.4) is 0 Å². The summed E-state index contributed by atoms with van der Waals surface area (Å²) in [5.41, 5.74) is 1.18. The number of rotatable bonds is 8. The number of hydrogen-bond donors (Lipinski definition) is 1. The van der Waals surface area contributed by atoms with Crippen molar-refractivity contribution >= 4 is 11.6 Å². The monoisotopic (exact) mass is 283 g/mol. The Morgan fingerprint density at radius 3 is 2.74 bits per heavy atom. The molecular weight excluding hydrogens is 262 g/mol. The highest BCUT2D eigenvalue weighted by Crippen LogP contribution is 2.36. The van der Waals surface area contributed by atoms with Crippen LogP contribution in [0.25, 0.3) is 0 Å². The summed E-state index contributed by atoms with van der Waals surface area (Å²) in [4.78, 5) is 2.46. The first-order valence-corrected chi connectivity index (χ1v) is 7.30. The van der Waals surface area contributed by atoms with Crippen LogP contribution in [0.5, 0.6) is 0 Å². The molecule has 0 bridgehead atoms. The van der Waals surface area contributed by atoms with Gasteiger partial charge in [0.05, 0.1) is 19.8 Å². The molecule has 3 nitrogen and oxygen atoms in total. The third-order valence-electron chi connectivity index (χ3n) is 3.60. The first-order valence-electron chi connectivity index (χ1n) is 6.93. The maximum Gasteiger partial charge on any atom is 0.0698 e. The molecule has 19 heavy (non-hydrogen) atoms. The molecule has 0 heterocycles. The van der Waals surface area contributed by atoms with E-state index in [1.807, 2.05) is 18.2 Å². The molecule has 0 spiro atoms. The maximum atomic E-state index is 8.72. The van der Waals surface area contributed by atoms with Gasteiger partial charge in [-0.15, -0.1) is 0 Å². The van der Waals surface area contributed by atoms with Gasteiger partial charge in [0.25, 0.3) is 0 Å². The number of nitrogens with zero attached hydrogens (tertiary/aromatic N) is 1. The lowest BCUT2D eigenvalue weighted by Gasteiger charge is -2.30. The third kappa shape index (κ3) is 4.18. The number of aliphatic hydroxyl groups is 1. The average molecular weight is 284 g/mol. The molecule has 106 valence electrons. The number of ether oxygens (including phenoxy) is 1. The van der Waals surface area contributed by atoms with Crippen molar-refractivity contribution in [3.05, 3.63) is 34.9 Å². The van der Waals surface area contributed by atoms with E-state index in [0.717, 1.165) is 11.6 Å². The van der Waals surface area contributed by atoms with Gasteiger partial charge in [0.2, 0.25) is 0 Å². The lowest BCUT2D eigenvalue weighted by Crippen LogP contribution is -2.33. The van der Waals surface area contributed by atoms with E-state index in [-0.39, 0.29) is 6.61 Å². The largest absolute Gasteiger partial charge is 0.394 e. The smallest absolute Gasteiger partial charge is 0.0698 e. The second kappa shape index (κ2) is 7.25. The van der Waals surface area contributed by atoms with Crippen molar-refractivity contribution in [2.45, 2.75) is 31.8 Å². The lowest BCUT2D eigenvalue weighted by atomic mass is 10.1. The predicted molar refractivity (Wildman–Crippen MR) is 77.5 cm³/mol. The number of hydrogen-bond acceptors (Lipinski definition) is 3. The molecule has 1 aliphatic rings. The zero-order valence-electron chi connectivity index (χ0n) is 11.4. The quantitative estimate of drug-likeness (QED) is 0.745. The molecule has 1 unspecified atom stereocenters. The van der Waals surface area contributed by atoms with Crippen molar-refractivity contribution < 1.29 is 9.84 Å². The Kier molecular flexibility index (Phi) is 5.64. The topological polar surface area (TPSA) is 32.7 Å². The highest BCUT2D eigenvalue weighted by molar-refractivity contribution is 6.31. The fourth-order valence-corrected chi connectivity index (χ4v) is 2.72. The van der Waals surface area contributed by atoms with Crippen molar-refractivity contribution in [3.63, 3.8) is 0 Å². The Balaban J connectivity index is 1.96. The number of halogens is 1. The molecule has 1 N–H and O–H groups in total. The summed E-state index contributed by atoms with van der Waals surface area (Å²) in [5.74, 6) is 0. The van der Waals surface area contributed by atoms with Crippen molar-refractivity contribution in [1.82, 2.24) is 4.90 Å². The molecule has 1 saturated carbocycles. The molecule has 4 heteroatoms. The number of aliphatic hydroxyl groups excluding tert-OH is 1. The van der Waals surface area contributed by atoms with Gasteiger partial charge < -0.3 is 9.84 Å². The first-order chi connectivity index (χ1) is 9.24. The van der Waals surface area contributed by atoms with Gasteiger partial charge in [0.1, 0.15) is 0 Å². The predicted octanol–water partition coefficient (Wildman–Crippen LogP) is 2.87. The van der Waals surface area contributed by atoms with Crippen LogP contribution in [0.15, 0.2) is 24.3 Å². The summed E-state index contributed by atoms with van der Waals surface area (Å²) >= 11 is 6.28. The van der Waals surface area contributed by atoms with Crippen LogP contribution >= 0.6 is 11.6 Å². The van der Waals surface area contributed by atoms with Crippen LogP contribution in [-0.2, 0) is 4.74 Å². The Labute approximate surface area is 120 Å². The van der Waals surface area contributed by atoms with E-state index >= 15 is 0 Å². The number of benzene rings is 1. The molecule has 0 aromatic heterocycles. The van der Waals surface area contributed by atoms with Crippen LogP contribution in [-0.4, -0.2) is 42.4 Å². The highest BCUT2D eigenvalue weighted by atomic mass is 35.5. The fourth-order valence-electron chi connectivity index (χ4n) is 2.43. The molecular formula is C15H22ClNO2. The Bertz CT molecular complexity index is 395. The van der Waals surface area contributed by atoms with Gasteiger partial charge in [-0.05, 0) is 31.4 Å². The van der Waals surface area contributed by atoms with Crippen molar-refractivity contribution in [2.24, 2.45) is 0 Å². The Hall–Kier alpha value is -0.610. The molecule has 0 aliphatic heterocycles. The summed E-state index contributed by atoms with van der Waals surface area (Å²) in [7, 11) is 0. The van der Waals surface area contributed by atoms with Crippen LogP contribution in [0.2, 0.25) is 5.02 Å². The highest BCUT2D eigenvalue weighted by Gasteiger charge is 2.32. The van der Waals surface area contributed by atoms with Gasteiger partial charge in [-0.3, -0.25) is 4.90 Å². The Morgan fingerprint density at radius 1 is 1.37 bits per heavy atom.